The van der Waals surface area contributed by atoms with Crippen molar-refractivity contribution in [1.29, 1.82) is 0 Å². The average Bonchev–Trinajstić information content (AvgIpc) is 3.11. The summed E-state index contributed by atoms with van der Waals surface area (Å²) in [6.45, 7) is 2.36. The molecule has 2 aromatic rings. The third-order valence-electron chi connectivity index (χ3n) is 5.17. The zero-order valence-corrected chi connectivity index (χ0v) is 15.9. The van der Waals surface area contributed by atoms with Gasteiger partial charge < -0.3 is 10.1 Å². The Balaban J connectivity index is 1.87. The van der Waals surface area contributed by atoms with E-state index in [1.54, 1.807) is 0 Å². The number of nitro groups is 1. The van der Waals surface area contributed by atoms with Crippen molar-refractivity contribution < 1.29 is 9.66 Å². The first kappa shape index (κ1) is 17.1. The van der Waals surface area contributed by atoms with E-state index < -0.39 is 0 Å². The first-order valence-electron chi connectivity index (χ1n) is 8.73. The third kappa shape index (κ3) is 2.78. The van der Waals surface area contributed by atoms with Crippen molar-refractivity contribution in [1.82, 2.24) is 0 Å². The summed E-state index contributed by atoms with van der Waals surface area (Å²) in [6, 6.07) is 11.5. The Labute approximate surface area is 160 Å². The molecule has 5 nitrogen and oxygen atoms in total. The normalized spacial score (nSPS) is 23.1. The molecule has 3 atom stereocenters. The number of allylic oxidation sites excluding steroid dienone is 2. The number of nitrogens with zero attached hydrogens (tertiary/aromatic N) is 1. The van der Waals surface area contributed by atoms with Gasteiger partial charge in [-0.1, -0.05) is 46.3 Å². The van der Waals surface area contributed by atoms with Gasteiger partial charge in [0.2, 0.25) is 0 Å². The second kappa shape index (κ2) is 6.76. The topological polar surface area (TPSA) is 64.4 Å². The van der Waals surface area contributed by atoms with Crippen LogP contribution in [0.3, 0.4) is 0 Å². The first-order chi connectivity index (χ1) is 12.6. The van der Waals surface area contributed by atoms with Crippen LogP contribution in [0.4, 0.5) is 11.4 Å². The SMILES string of the molecule is CCOc1cc2c(c([N+](=O)[O-])c1)N[C@@H](c1ccccc1Br)[C@H]1CC=C[C@H]21. The maximum Gasteiger partial charge on any atom is 0.296 e. The molecule has 0 fully saturated rings. The Morgan fingerprint density at radius 1 is 1.31 bits per heavy atom. The van der Waals surface area contributed by atoms with Crippen LogP contribution in [-0.4, -0.2) is 11.5 Å². The van der Waals surface area contributed by atoms with Gasteiger partial charge in [-0.05, 0) is 42.5 Å². The molecule has 0 amide bonds. The lowest BCUT2D eigenvalue weighted by Gasteiger charge is -2.37. The molecule has 0 saturated carbocycles. The van der Waals surface area contributed by atoms with E-state index in [1.807, 2.05) is 31.2 Å². The highest BCUT2D eigenvalue weighted by atomic mass is 79.9. The van der Waals surface area contributed by atoms with Gasteiger partial charge in [0, 0.05) is 10.4 Å². The number of halogens is 1. The Morgan fingerprint density at radius 3 is 2.85 bits per heavy atom. The standard InChI is InChI=1S/C20H19BrN2O3/c1-2-26-12-10-16-13-7-5-8-14(13)19(15-6-3-4-9-17(15)21)22-20(16)18(11-12)23(24)25/h3-7,9-11,13-14,19,22H,2,8H2,1H3/t13-,14-,19+/m0/s1. The largest absolute Gasteiger partial charge is 0.494 e. The summed E-state index contributed by atoms with van der Waals surface area (Å²) >= 11 is 3.63. The zero-order valence-electron chi connectivity index (χ0n) is 14.3. The average molecular weight is 415 g/mol. The highest BCUT2D eigenvalue weighted by Crippen LogP contribution is 2.53. The predicted molar refractivity (Wildman–Crippen MR) is 105 cm³/mol. The summed E-state index contributed by atoms with van der Waals surface area (Å²) in [5.41, 5.74) is 2.75. The molecule has 0 unspecified atom stereocenters. The Morgan fingerprint density at radius 2 is 2.12 bits per heavy atom. The number of nitrogens with one attached hydrogen (secondary N) is 1. The lowest BCUT2D eigenvalue weighted by molar-refractivity contribution is -0.384. The van der Waals surface area contributed by atoms with Gasteiger partial charge in [0.05, 0.1) is 23.6 Å². The summed E-state index contributed by atoms with van der Waals surface area (Å²) in [5.74, 6) is 1.01. The molecule has 0 aromatic heterocycles. The van der Waals surface area contributed by atoms with E-state index in [2.05, 4.69) is 39.5 Å². The molecule has 0 radical (unpaired) electrons. The molecule has 6 heteroatoms. The number of anilines is 1. The van der Waals surface area contributed by atoms with E-state index in [1.165, 1.54) is 6.07 Å². The summed E-state index contributed by atoms with van der Waals surface area (Å²) < 4.78 is 6.59. The number of nitro benzene ring substituents is 1. The third-order valence-corrected chi connectivity index (χ3v) is 5.89. The number of hydrogen-bond acceptors (Lipinski definition) is 4. The van der Waals surface area contributed by atoms with Crippen LogP contribution in [0.1, 0.15) is 36.4 Å². The van der Waals surface area contributed by atoms with E-state index in [-0.39, 0.29) is 22.6 Å². The monoisotopic (exact) mass is 414 g/mol. The minimum absolute atomic E-state index is 0.00900. The van der Waals surface area contributed by atoms with Crippen molar-refractivity contribution >= 4 is 27.3 Å². The minimum atomic E-state index is -0.329. The highest BCUT2D eigenvalue weighted by molar-refractivity contribution is 9.10. The van der Waals surface area contributed by atoms with E-state index >= 15 is 0 Å². The summed E-state index contributed by atoms with van der Waals surface area (Å²) in [5, 5.41) is 15.2. The molecule has 2 aromatic carbocycles. The molecule has 1 aliphatic heterocycles. The summed E-state index contributed by atoms with van der Waals surface area (Å²) in [6.07, 6.45) is 5.29. The van der Waals surface area contributed by atoms with Crippen molar-refractivity contribution in [2.24, 2.45) is 5.92 Å². The van der Waals surface area contributed by atoms with E-state index in [9.17, 15) is 10.1 Å². The van der Waals surface area contributed by atoms with Crippen LogP contribution < -0.4 is 10.1 Å². The number of fused-ring (bicyclic) bond motifs is 3. The molecule has 0 saturated heterocycles. The molecule has 0 bridgehead atoms. The van der Waals surface area contributed by atoms with Crippen LogP contribution in [0.25, 0.3) is 0 Å². The molecule has 26 heavy (non-hydrogen) atoms. The van der Waals surface area contributed by atoms with E-state index in [0.717, 1.165) is 22.0 Å². The van der Waals surface area contributed by atoms with Gasteiger partial charge in [-0.15, -0.1) is 0 Å². The summed E-state index contributed by atoms with van der Waals surface area (Å²) in [4.78, 5) is 11.4. The fourth-order valence-corrected chi connectivity index (χ4v) is 4.62. The maximum absolute atomic E-state index is 11.7. The fraction of sp³-hybridized carbons (Fsp3) is 0.300. The van der Waals surface area contributed by atoms with Crippen molar-refractivity contribution in [2.75, 3.05) is 11.9 Å². The van der Waals surface area contributed by atoms with Gasteiger partial charge >= 0.3 is 0 Å². The second-order valence-electron chi connectivity index (χ2n) is 6.59. The van der Waals surface area contributed by atoms with Crippen LogP contribution in [-0.2, 0) is 0 Å². The molecule has 134 valence electrons. The lowest BCUT2D eigenvalue weighted by Crippen LogP contribution is -2.30. The molecule has 2 aliphatic rings. The van der Waals surface area contributed by atoms with Crippen LogP contribution >= 0.6 is 15.9 Å². The molecule has 1 N–H and O–H groups in total. The van der Waals surface area contributed by atoms with Gasteiger partial charge in [0.1, 0.15) is 11.4 Å². The van der Waals surface area contributed by atoms with Crippen molar-refractivity contribution in [3.8, 4) is 5.75 Å². The molecule has 0 spiro atoms. The maximum atomic E-state index is 11.7. The van der Waals surface area contributed by atoms with E-state index in [0.29, 0.717) is 24.0 Å². The Kier molecular flexibility index (Phi) is 4.44. The zero-order chi connectivity index (χ0) is 18.3. The van der Waals surface area contributed by atoms with Crippen LogP contribution in [0.5, 0.6) is 5.75 Å². The first-order valence-corrected chi connectivity index (χ1v) is 9.52. The Bertz CT molecular complexity index is 897. The second-order valence-corrected chi connectivity index (χ2v) is 7.45. The summed E-state index contributed by atoms with van der Waals surface area (Å²) in [7, 11) is 0. The molecule has 1 aliphatic carbocycles. The van der Waals surface area contributed by atoms with Gasteiger partial charge in [0.15, 0.2) is 0 Å². The van der Waals surface area contributed by atoms with Gasteiger partial charge in [-0.25, -0.2) is 0 Å². The van der Waals surface area contributed by atoms with Crippen molar-refractivity contribution in [2.45, 2.75) is 25.3 Å². The van der Waals surface area contributed by atoms with Crippen LogP contribution in [0.15, 0.2) is 53.0 Å². The van der Waals surface area contributed by atoms with Crippen molar-refractivity contribution in [3.05, 3.63) is 74.3 Å². The smallest absolute Gasteiger partial charge is 0.296 e. The van der Waals surface area contributed by atoms with Gasteiger partial charge in [0.25, 0.3) is 5.69 Å². The predicted octanol–water partition coefficient (Wildman–Crippen LogP) is 5.58. The molecule has 1 heterocycles. The number of hydrogen-bond donors (Lipinski definition) is 1. The van der Waals surface area contributed by atoms with Gasteiger partial charge in [-0.3, -0.25) is 10.1 Å². The number of benzene rings is 2. The van der Waals surface area contributed by atoms with Crippen LogP contribution in [0.2, 0.25) is 0 Å². The van der Waals surface area contributed by atoms with E-state index in [4.69, 9.17) is 4.74 Å². The minimum Gasteiger partial charge on any atom is -0.494 e. The molecular formula is C20H19BrN2O3. The number of ether oxygens (including phenoxy) is 1. The molecular weight excluding hydrogens is 396 g/mol. The van der Waals surface area contributed by atoms with Crippen LogP contribution in [0, 0.1) is 16.0 Å². The van der Waals surface area contributed by atoms with Gasteiger partial charge in [-0.2, -0.15) is 0 Å². The quantitative estimate of drug-likeness (QED) is 0.402. The highest BCUT2D eigenvalue weighted by Gasteiger charge is 2.41. The fourth-order valence-electron chi connectivity index (χ4n) is 4.08. The Hall–Kier alpha value is -2.34. The number of rotatable bonds is 4. The lowest BCUT2D eigenvalue weighted by atomic mass is 9.76. The van der Waals surface area contributed by atoms with Crippen molar-refractivity contribution in [3.63, 3.8) is 0 Å². The molecule has 4 rings (SSSR count).